The SMILES string of the molecule is CC1(C)CC(=O)C2=C(C1)Nc1ccccc1N(CC(=O)NC1CC(C)(C)NC(C)(C)C1)C2c1ccc(F)cc1. The minimum atomic E-state index is -0.521. The van der Waals surface area contributed by atoms with Gasteiger partial charge in [-0.15, -0.1) is 0 Å². The summed E-state index contributed by atoms with van der Waals surface area (Å²) in [5, 5.41) is 10.5. The Kier molecular flexibility index (Phi) is 6.86. The van der Waals surface area contributed by atoms with Crippen LogP contribution in [0.1, 0.15) is 78.8 Å². The predicted octanol–water partition coefficient (Wildman–Crippen LogP) is 5.87. The number of halogens is 1. The summed E-state index contributed by atoms with van der Waals surface area (Å²) in [7, 11) is 0. The zero-order valence-corrected chi connectivity index (χ0v) is 24.0. The minimum Gasteiger partial charge on any atom is -0.357 e. The summed E-state index contributed by atoms with van der Waals surface area (Å²) in [6.45, 7) is 12.9. The highest BCUT2D eigenvalue weighted by Gasteiger charge is 2.43. The van der Waals surface area contributed by atoms with E-state index in [2.05, 4.69) is 57.5 Å². The first kappa shape index (κ1) is 27.4. The lowest BCUT2D eigenvalue weighted by Crippen LogP contribution is -2.62. The van der Waals surface area contributed by atoms with E-state index in [1.165, 1.54) is 12.1 Å². The molecular weight excluding hydrogens is 491 g/mol. The van der Waals surface area contributed by atoms with Gasteiger partial charge < -0.3 is 20.9 Å². The molecule has 0 radical (unpaired) electrons. The van der Waals surface area contributed by atoms with Gasteiger partial charge in [0.15, 0.2) is 5.78 Å². The Labute approximate surface area is 231 Å². The lowest BCUT2D eigenvalue weighted by molar-refractivity contribution is -0.121. The molecule has 2 heterocycles. The van der Waals surface area contributed by atoms with Gasteiger partial charge in [0.2, 0.25) is 5.91 Å². The quantitative estimate of drug-likeness (QED) is 0.460. The fraction of sp³-hybridized carbons (Fsp3) is 0.500. The van der Waals surface area contributed by atoms with E-state index < -0.39 is 6.04 Å². The summed E-state index contributed by atoms with van der Waals surface area (Å²) in [6, 6.07) is 13.7. The third-order valence-corrected chi connectivity index (χ3v) is 8.06. The standard InChI is InChI=1S/C32H41FN4O2/c1-30(2)17-24-28(26(38)18-30)29(20-11-13-21(33)14-12-20)37(25-10-8-7-9-23(25)35-24)19-27(39)34-22-15-31(3,4)36-32(5,6)16-22/h7-14,22,29,35-36H,15-19H2,1-6H3,(H,34,39). The molecule has 2 aromatic rings. The van der Waals surface area contributed by atoms with Crippen LogP contribution in [0.5, 0.6) is 0 Å². The number of nitrogens with one attached hydrogen (secondary N) is 3. The molecule has 1 atom stereocenters. The van der Waals surface area contributed by atoms with E-state index in [-0.39, 0.29) is 46.6 Å². The van der Waals surface area contributed by atoms with Crippen molar-refractivity contribution in [2.45, 2.75) is 90.4 Å². The fourth-order valence-corrected chi connectivity index (χ4v) is 7.07. The topological polar surface area (TPSA) is 73.5 Å². The first-order valence-corrected chi connectivity index (χ1v) is 14.0. The second kappa shape index (κ2) is 9.77. The summed E-state index contributed by atoms with van der Waals surface area (Å²) >= 11 is 0. The normalized spacial score (nSPS) is 23.8. The Hall–Kier alpha value is -3.19. The molecule has 7 heteroatoms. The monoisotopic (exact) mass is 532 g/mol. The maximum atomic E-state index is 14.0. The Balaban J connectivity index is 1.56. The molecule has 1 amide bonds. The highest BCUT2D eigenvalue weighted by atomic mass is 19.1. The maximum Gasteiger partial charge on any atom is 0.239 e. The number of Topliss-reactive ketones (excluding diaryl/α,β-unsaturated/α-hetero) is 1. The van der Waals surface area contributed by atoms with Crippen LogP contribution in [0.4, 0.5) is 15.8 Å². The van der Waals surface area contributed by atoms with Crippen molar-refractivity contribution in [3.05, 3.63) is 71.2 Å². The Bertz CT molecular complexity index is 1300. The molecule has 208 valence electrons. The smallest absolute Gasteiger partial charge is 0.239 e. The van der Waals surface area contributed by atoms with Crippen molar-refractivity contribution >= 4 is 23.1 Å². The van der Waals surface area contributed by atoms with Crippen LogP contribution >= 0.6 is 0 Å². The van der Waals surface area contributed by atoms with E-state index in [9.17, 15) is 14.0 Å². The lowest BCUT2D eigenvalue weighted by atomic mass is 9.73. The van der Waals surface area contributed by atoms with Crippen LogP contribution in [-0.2, 0) is 9.59 Å². The van der Waals surface area contributed by atoms with Gasteiger partial charge in [0, 0.05) is 34.8 Å². The molecule has 1 aliphatic carbocycles. The lowest BCUT2D eigenvalue weighted by Gasteiger charge is -2.46. The zero-order valence-electron chi connectivity index (χ0n) is 24.0. The second-order valence-corrected chi connectivity index (χ2v) is 13.6. The third kappa shape index (κ3) is 5.88. The van der Waals surface area contributed by atoms with Gasteiger partial charge in [-0.3, -0.25) is 9.59 Å². The molecule has 5 rings (SSSR count). The van der Waals surface area contributed by atoms with Crippen LogP contribution in [0.15, 0.2) is 59.8 Å². The fourth-order valence-electron chi connectivity index (χ4n) is 7.07. The molecular formula is C32H41FN4O2. The second-order valence-electron chi connectivity index (χ2n) is 13.6. The van der Waals surface area contributed by atoms with E-state index in [0.29, 0.717) is 18.4 Å². The van der Waals surface area contributed by atoms with E-state index in [1.807, 2.05) is 29.2 Å². The Morgan fingerprint density at radius 2 is 1.62 bits per heavy atom. The molecule has 0 spiro atoms. The Morgan fingerprint density at radius 3 is 2.28 bits per heavy atom. The van der Waals surface area contributed by atoms with Crippen LogP contribution in [0.3, 0.4) is 0 Å². The van der Waals surface area contributed by atoms with Gasteiger partial charge in [-0.05, 0) is 82.2 Å². The van der Waals surface area contributed by atoms with Crippen LogP contribution in [0.2, 0.25) is 0 Å². The van der Waals surface area contributed by atoms with Crippen molar-refractivity contribution in [2.24, 2.45) is 5.41 Å². The molecule has 3 N–H and O–H groups in total. The molecule has 1 unspecified atom stereocenters. The average Bonchev–Trinajstić information content (AvgIpc) is 2.91. The predicted molar refractivity (Wildman–Crippen MR) is 154 cm³/mol. The largest absolute Gasteiger partial charge is 0.357 e. The minimum absolute atomic E-state index is 0.0280. The molecule has 0 saturated carbocycles. The number of allylic oxidation sites excluding steroid dienone is 1. The number of benzene rings is 2. The summed E-state index contributed by atoms with van der Waals surface area (Å²) in [5.74, 6) is -0.372. The van der Waals surface area contributed by atoms with Gasteiger partial charge in [-0.1, -0.05) is 38.1 Å². The molecule has 2 aromatic carbocycles. The molecule has 0 bridgehead atoms. The summed E-state index contributed by atoms with van der Waals surface area (Å²) in [4.78, 5) is 29.5. The first-order valence-electron chi connectivity index (χ1n) is 14.0. The van der Waals surface area contributed by atoms with Gasteiger partial charge in [-0.2, -0.15) is 0 Å². The molecule has 1 fully saturated rings. The van der Waals surface area contributed by atoms with Gasteiger partial charge >= 0.3 is 0 Å². The van der Waals surface area contributed by atoms with Crippen LogP contribution < -0.4 is 20.9 Å². The van der Waals surface area contributed by atoms with Gasteiger partial charge in [0.05, 0.1) is 24.0 Å². The highest BCUT2D eigenvalue weighted by Crippen LogP contribution is 2.48. The number of fused-ring (bicyclic) bond motifs is 1. The van der Waals surface area contributed by atoms with Crippen molar-refractivity contribution < 1.29 is 14.0 Å². The molecule has 2 aliphatic heterocycles. The van der Waals surface area contributed by atoms with Crippen LogP contribution in [0, 0.1) is 11.2 Å². The van der Waals surface area contributed by atoms with Crippen molar-refractivity contribution in [3.8, 4) is 0 Å². The number of ketones is 1. The molecule has 1 saturated heterocycles. The van der Waals surface area contributed by atoms with E-state index in [0.717, 1.165) is 35.5 Å². The Morgan fingerprint density at radius 1 is 0.974 bits per heavy atom. The summed E-state index contributed by atoms with van der Waals surface area (Å²) < 4.78 is 14.0. The summed E-state index contributed by atoms with van der Waals surface area (Å²) in [6.07, 6.45) is 2.77. The highest BCUT2D eigenvalue weighted by molar-refractivity contribution is 6.01. The van der Waals surface area contributed by atoms with E-state index in [1.54, 1.807) is 12.1 Å². The van der Waals surface area contributed by atoms with Gasteiger partial charge in [0.25, 0.3) is 0 Å². The number of anilines is 2. The van der Waals surface area contributed by atoms with E-state index >= 15 is 0 Å². The number of para-hydroxylation sites is 2. The van der Waals surface area contributed by atoms with Crippen LogP contribution in [0.25, 0.3) is 0 Å². The molecule has 39 heavy (non-hydrogen) atoms. The average molecular weight is 533 g/mol. The van der Waals surface area contributed by atoms with Crippen molar-refractivity contribution in [3.63, 3.8) is 0 Å². The number of carbonyl (C=O) groups is 2. The molecule has 3 aliphatic rings. The van der Waals surface area contributed by atoms with Crippen molar-refractivity contribution in [1.29, 1.82) is 0 Å². The number of carbonyl (C=O) groups excluding carboxylic acids is 2. The van der Waals surface area contributed by atoms with Gasteiger partial charge in [0.1, 0.15) is 5.82 Å². The molecule has 6 nitrogen and oxygen atoms in total. The number of amides is 1. The third-order valence-electron chi connectivity index (χ3n) is 8.06. The number of rotatable bonds is 4. The number of hydrogen-bond acceptors (Lipinski definition) is 5. The first-order chi connectivity index (χ1) is 18.2. The number of nitrogens with zero attached hydrogens (tertiary/aromatic N) is 1. The van der Waals surface area contributed by atoms with Crippen molar-refractivity contribution in [2.75, 3.05) is 16.8 Å². The van der Waals surface area contributed by atoms with E-state index in [4.69, 9.17) is 0 Å². The van der Waals surface area contributed by atoms with Crippen molar-refractivity contribution in [1.82, 2.24) is 10.6 Å². The maximum absolute atomic E-state index is 14.0. The number of hydrogen-bond donors (Lipinski definition) is 3. The van der Waals surface area contributed by atoms with Gasteiger partial charge in [-0.25, -0.2) is 4.39 Å². The number of piperidine rings is 1. The molecule has 0 aromatic heterocycles. The summed E-state index contributed by atoms with van der Waals surface area (Å²) in [5.41, 5.74) is 3.63. The van der Waals surface area contributed by atoms with Crippen LogP contribution in [-0.4, -0.2) is 35.4 Å². The zero-order chi connectivity index (χ0) is 28.2.